The molecule has 0 radical (unpaired) electrons. The van der Waals surface area contributed by atoms with Gasteiger partial charge in [-0.2, -0.15) is 0 Å². The Balaban J connectivity index is 1.48. The normalized spacial score (nSPS) is 31.3. The summed E-state index contributed by atoms with van der Waals surface area (Å²) >= 11 is 6.27. The van der Waals surface area contributed by atoms with E-state index in [9.17, 15) is 19.5 Å². The molecular weight excluding hydrogens is 482 g/mol. The van der Waals surface area contributed by atoms with Crippen molar-refractivity contribution in [2.75, 3.05) is 11.9 Å². The van der Waals surface area contributed by atoms with Crippen LogP contribution in [0.15, 0.2) is 54.6 Å². The molecule has 3 aliphatic heterocycles. The zero-order valence-corrected chi connectivity index (χ0v) is 21.0. The minimum atomic E-state index is -1.17. The number of fused-ring (bicyclic) bond motifs is 1. The Morgan fingerprint density at radius 2 is 1.83 bits per heavy atom. The second-order valence-electron chi connectivity index (χ2n) is 10.2. The number of likely N-dealkylation sites (tertiary alicyclic amines) is 1. The van der Waals surface area contributed by atoms with Gasteiger partial charge in [0.2, 0.25) is 17.7 Å². The number of aliphatic hydroxyl groups excluding tert-OH is 1. The van der Waals surface area contributed by atoms with Gasteiger partial charge in [-0.3, -0.25) is 14.4 Å². The number of para-hydroxylation sites is 1. The maximum absolute atomic E-state index is 13.9. The van der Waals surface area contributed by atoms with Crippen molar-refractivity contribution in [3.63, 3.8) is 0 Å². The predicted octanol–water partition coefficient (Wildman–Crippen LogP) is 2.74. The number of carbonyl (C=O) groups is 3. The standard InChI is InChI=1S/C27H30ClN3O5/c1-16(15-32)31-22(24(34)30-19-11-7-6-10-18(19)28)27-13-12-26(2,36-27)20(21(27)25(31)35)23(33)29-14-17-8-4-3-5-9-17/h3-11,16,20-22,32H,12-15H2,1-2H3,(H,29,33)(H,30,34)/t16-,20+,21+,22?,26-,27?/m1/s1. The Morgan fingerprint density at radius 1 is 1.14 bits per heavy atom. The number of benzene rings is 2. The zero-order chi connectivity index (χ0) is 25.7. The lowest BCUT2D eigenvalue weighted by Gasteiger charge is -2.35. The SMILES string of the molecule is C[C@H](CO)N1C(=O)[C@@H]2[C@@H](C(=O)NCc3ccccc3)[C@@]3(C)CCC2(O3)C1C(=O)Nc1ccccc1Cl. The van der Waals surface area contributed by atoms with E-state index in [1.807, 2.05) is 37.3 Å². The van der Waals surface area contributed by atoms with E-state index >= 15 is 0 Å². The van der Waals surface area contributed by atoms with Crippen molar-refractivity contribution in [3.8, 4) is 0 Å². The number of ether oxygens (including phenoxy) is 1. The molecule has 36 heavy (non-hydrogen) atoms. The number of aliphatic hydroxyl groups is 1. The zero-order valence-electron chi connectivity index (χ0n) is 20.2. The van der Waals surface area contributed by atoms with E-state index in [-0.39, 0.29) is 18.4 Å². The van der Waals surface area contributed by atoms with E-state index in [1.165, 1.54) is 4.90 Å². The average molecular weight is 512 g/mol. The van der Waals surface area contributed by atoms with Crippen LogP contribution in [-0.4, -0.2) is 57.6 Å². The molecular formula is C27H30ClN3O5. The molecule has 3 fully saturated rings. The van der Waals surface area contributed by atoms with E-state index in [2.05, 4.69) is 10.6 Å². The molecule has 8 nitrogen and oxygen atoms in total. The van der Waals surface area contributed by atoms with Gasteiger partial charge in [-0.05, 0) is 44.4 Å². The third-order valence-corrected chi connectivity index (χ3v) is 8.26. The van der Waals surface area contributed by atoms with Gasteiger partial charge in [0.25, 0.3) is 0 Å². The maximum atomic E-state index is 13.9. The fraction of sp³-hybridized carbons (Fsp3) is 0.444. The first-order chi connectivity index (χ1) is 17.2. The molecule has 3 saturated heterocycles. The van der Waals surface area contributed by atoms with Gasteiger partial charge in [0.1, 0.15) is 11.6 Å². The first-order valence-corrected chi connectivity index (χ1v) is 12.6. The van der Waals surface area contributed by atoms with Crippen LogP contribution in [0.5, 0.6) is 0 Å². The molecule has 0 aliphatic carbocycles. The molecule has 3 N–H and O–H groups in total. The maximum Gasteiger partial charge on any atom is 0.250 e. The Labute approximate surface area is 215 Å². The lowest BCUT2D eigenvalue weighted by Crippen LogP contribution is -2.55. The number of hydrogen-bond donors (Lipinski definition) is 3. The highest BCUT2D eigenvalue weighted by atomic mass is 35.5. The average Bonchev–Trinajstić information content (AvgIpc) is 3.44. The summed E-state index contributed by atoms with van der Waals surface area (Å²) in [5.41, 5.74) is -0.683. The lowest BCUT2D eigenvalue weighted by atomic mass is 9.66. The second-order valence-corrected chi connectivity index (χ2v) is 10.6. The molecule has 0 saturated carbocycles. The van der Waals surface area contributed by atoms with Gasteiger partial charge in [0, 0.05) is 6.54 Å². The van der Waals surface area contributed by atoms with Crippen LogP contribution in [-0.2, 0) is 25.7 Å². The summed E-state index contributed by atoms with van der Waals surface area (Å²) in [6.45, 7) is 3.53. The van der Waals surface area contributed by atoms with Crippen LogP contribution in [0.25, 0.3) is 0 Å². The minimum absolute atomic E-state index is 0.273. The molecule has 2 aromatic rings. The van der Waals surface area contributed by atoms with Crippen LogP contribution in [0.4, 0.5) is 5.69 Å². The van der Waals surface area contributed by atoms with Crippen molar-refractivity contribution >= 4 is 35.0 Å². The van der Waals surface area contributed by atoms with E-state index in [0.717, 1.165) is 5.56 Å². The lowest BCUT2D eigenvalue weighted by molar-refractivity contribution is -0.147. The third-order valence-electron chi connectivity index (χ3n) is 7.93. The van der Waals surface area contributed by atoms with Crippen molar-refractivity contribution in [1.82, 2.24) is 10.2 Å². The number of carbonyl (C=O) groups excluding carboxylic acids is 3. The van der Waals surface area contributed by atoms with Crippen LogP contribution >= 0.6 is 11.6 Å². The Hall–Kier alpha value is -2.94. The molecule has 190 valence electrons. The topological polar surface area (TPSA) is 108 Å². The molecule has 5 rings (SSSR count). The first-order valence-electron chi connectivity index (χ1n) is 12.2. The van der Waals surface area contributed by atoms with E-state index < -0.39 is 41.0 Å². The predicted molar refractivity (Wildman–Crippen MR) is 134 cm³/mol. The number of amides is 3. The van der Waals surface area contributed by atoms with Crippen LogP contribution < -0.4 is 10.6 Å². The van der Waals surface area contributed by atoms with Crippen molar-refractivity contribution in [3.05, 3.63) is 65.2 Å². The van der Waals surface area contributed by atoms with Crippen LogP contribution in [0, 0.1) is 11.8 Å². The van der Waals surface area contributed by atoms with Crippen molar-refractivity contribution < 1.29 is 24.2 Å². The molecule has 3 aliphatic rings. The van der Waals surface area contributed by atoms with Gasteiger partial charge < -0.3 is 25.4 Å². The fourth-order valence-electron chi connectivity index (χ4n) is 6.29. The van der Waals surface area contributed by atoms with Crippen LogP contribution in [0.3, 0.4) is 0 Å². The van der Waals surface area contributed by atoms with Gasteiger partial charge in [0.15, 0.2) is 0 Å². The van der Waals surface area contributed by atoms with E-state index in [4.69, 9.17) is 16.3 Å². The molecule has 1 spiro atoms. The number of halogens is 1. The van der Waals surface area contributed by atoms with Gasteiger partial charge in [-0.1, -0.05) is 54.1 Å². The van der Waals surface area contributed by atoms with Crippen molar-refractivity contribution in [2.24, 2.45) is 11.8 Å². The summed E-state index contributed by atoms with van der Waals surface area (Å²) in [7, 11) is 0. The smallest absolute Gasteiger partial charge is 0.250 e. The van der Waals surface area contributed by atoms with Crippen LogP contribution in [0.1, 0.15) is 32.3 Å². The number of nitrogens with one attached hydrogen (secondary N) is 2. The van der Waals surface area contributed by atoms with Gasteiger partial charge in [-0.15, -0.1) is 0 Å². The summed E-state index contributed by atoms with van der Waals surface area (Å²) in [6.07, 6.45) is 0.995. The highest BCUT2D eigenvalue weighted by Crippen LogP contribution is 2.63. The molecule has 9 heteroatoms. The number of nitrogens with zero attached hydrogens (tertiary/aromatic N) is 1. The summed E-state index contributed by atoms with van der Waals surface area (Å²) in [5, 5.41) is 16.1. The second kappa shape index (κ2) is 9.18. The Morgan fingerprint density at radius 3 is 2.53 bits per heavy atom. The monoisotopic (exact) mass is 511 g/mol. The van der Waals surface area contributed by atoms with Crippen molar-refractivity contribution in [2.45, 2.75) is 56.5 Å². The summed E-state index contributed by atoms with van der Waals surface area (Å²) in [5.74, 6) is -2.66. The summed E-state index contributed by atoms with van der Waals surface area (Å²) < 4.78 is 6.56. The van der Waals surface area contributed by atoms with Gasteiger partial charge in [-0.25, -0.2) is 0 Å². The molecule has 3 amide bonds. The molecule has 6 atom stereocenters. The summed E-state index contributed by atoms with van der Waals surface area (Å²) in [4.78, 5) is 42.6. The van der Waals surface area contributed by atoms with E-state index in [0.29, 0.717) is 30.1 Å². The van der Waals surface area contributed by atoms with Crippen molar-refractivity contribution in [1.29, 1.82) is 0 Å². The highest BCUT2D eigenvalue weighted by molar-refractivity contribution is 6.33. The number of rotatable bonds is 7. The third kappa shape index (κ3) is 3.79. The Bertz CT molecular complexity index is 1190. The van der Waals surface area contributed by atoms with Gasteiger partial charge in [0.05, 0.1) is 40.8 Å². The largest absolute Gasteiger partial charge is 0.394 e. The fourth-order valence-corrected chi connectivity index (χ4v) is 6.47. The quantitative estimate of drug-likeness (QED) is 0.530. The van der Waals surface area contributed by atoms with Gasteiger partial charge >= 0.3 is 0 Å². The number of anilines is 1. The number of hydrogen-bond acceptors (Lipinski definition) is 5. The minimum Gasteiger partial charge on any atom is -0.394 e. The molecule has 2 bridgehead atoms. The molecule has 0 aromatic heterocycles. The molecule has 2 unspecified atom stereocenters. The Kier molecular flexibility index (Phi) is 6.31. The molecule has 2 aromatic carbocycles. The molecule has 3 heterocycles. The highest BCUT2D eigenvalue weighted by Gasteiger charge is 2.78. The van der Waals surface area contributed by atoms with E-state index in [1.54, 1.807) is 31.2 Å². The van der Waals surface area contributed by atoms with Crippen LogP contribution in [0.2, 0.25) is 5.02 Å². The first kappa shape index (κ1) is 24.7. The summed E-state index contributed by atoms with van der Waals surface area (Å²) in [6, 6.07) is 14.7.